The third-order valence-corrected chi connectivity index (χ3v) is 3.29. The number of rotatable bonds is 2. The number of thiophene rings is 1. The van der Waals surface area contributed by atoms with Crippen LogP contribution < -0.4 is 5.73 Å². The van der Waals surface area contributed by atoms with E-state index >= 15 is 0 Å². The topological polar surface area (TPSA) is 26.0 Å². The average Bonchev–Trinajstić information content (AvgIpc) is 2.64. The van der Waals surface area contributed by atoms with Crippen LogP contribution in [-0.2, 0) is 6.54 Å². The second-order valence-corrected chi connectivity index (χ2v) is 4.52. The first-order chi connectivity index (χ1) is 7.22. The molecule has 3 heteroatoms. The third kappa shape index (κ3) is 1.94. The van der Waals surface area contributed by atoms with Crippen LogP contribution in [0.4, 0.5) is 4.39 Å². The predicted molar refractivity (Wildman–Crippen MR) is 62.3 cm³/mol. The zero-order chi connectivity index (χ0) is 10.8. The fourth-order valence-electron chi connectivity index (χ4n) is 1.64. The summed E-state index contributed by atoms with van der Waals surface area (Å²) in [6.45, 7) is 2.47. The predicted octanol–water partition coefficient (Wildman–Crippen LogP) is 3.32. The Kier molecular flexibility index (Phi) is 2.84. The minimum atomic E-state index is -0.215. The molecule has 0 aliphatic heterocycles. The SMILES string of the molecule is Cc1sccc1-c1cc(F)ccc1CN. The van der Waals surface area contributed by atoms with E-state index < -0.39 is 0 Å². The number of nitrogens with two attached hydrogens (primary N) is 1. The van der Waals surface area contributed by atoms with Gasteiger partial charge in [-0.1, -0.05) is 6.07 Å². The van der Waals surface area contributed by atoms with Gasteiger partial charge in [0.1, 0.15) is 5.82 Å². The Hall–Kier alpha value is -1.19. The smallest absolute Gasteiger partial charge is 0.123 e. The molecule has 2 rings (SSSR count). The molecule has 2 N–H and O–H groups in total. The van der Waals surface area contributed by atoms with E-state index in [9.17, 15) is 4.39 Å². The maximum Gasteiger partial charge on any atom is 0.123 e. The standard InChI is InChI=1S/C12H12FNS/c1-8-11(4-5-15-8)12-6-10(13)3-2-9(12)7-14/h2-6H,7,14H2,1H3. The van der Waals surface area contributed by atoms with Crippen LogP contribution in [0.2, 0.25) is 0 Å². The quantitative estimate of drug-likeness (QED) is 0.827. The number of aryl methyl sites for hydroxylation is 1. The molecule has 2 aromatic rings. The number of halogens is 1. The average molecular weight is 221 g/mol. The van der Waals surface area contributed by atoms with E-state index in [1.54, 1.807) is 23.5 Å². The molecule has 0 spiro atoms. The summed E-state index contributed by atoms with van der Waals surface area (Å²) < 4.78 is 13.2. The van der Waals surface area contributed by atoms with Crippen molar-refractivity contribution in [3.05, 3.63) is 45.9 Å². The molecule has 1 aromatic heterocycles. The van der Waals surface area contributed by atoms with Gasteiger partial charge in [0.2, 0.25) is 0 Å². The molecule has 0 saturated heterocycles. The summed E-state index contributed by atoms with van der Waals surface area (Å²) in [6.07, 6.45) is 0. The molecular formula is C12H12FNS. The van der Waals surface area contributed by atoms with Gasteiger partial charge in [0.25, 0.3) is 0 Å². The zero-order valence-corrected chi connectivity index (χ0v) is 9.27. The summed E-state index contributed by atoms with van der Waals surface area (Å²) in [5, 5.41) is 2.01. The lowest BCUT2D eigenvalue weighted by atomic mass is 10.0. The van der Waals surface area contributed by atoms with Gasteiger partial charge in [-0.3, -0.25) is 0 Å². The highest BCUT2D eigenvalue weighted by molar-refractivity contribution is 7.10. The summed E-state index contributed by atoms with van der Waals surface area (Å²) in [4.78, 5) is 1.19. The Bertz CT molecular complexity index is 476. The van der Waals surface area contributed by atoms with E-state index in [2.05, 4.69) is 0 Å². The fraction of sp³-hybridized carbons (Fsp3) is 0.167. The van der Waals surface area contributed by atoms with Gasteiger partial charge in [0.15, 0.2) is 0 Å². The van der Waals surface area contributed by atoms with Crippen molar-refractivity contribution in [2.45, 2.75) is 13.5 Å². The van der Waals surface area contributed by atoms with Gasteiger partial charge in [0.05, 0.1) is 0 Å². The van der Waals surface area contributed by atoms with Crippen LogP contribution in [0, 0.1) is 12.7 Å². The Balaban J connectivity index is 2.60. The van der Waals surface area contributed by atoms with Crippen molar-refractivity contribution in [1.29, 1.82) is 0 Å². The van der Waals surface area contributed by atoms with E-state index in [1.807, 2.05) is 18.4 Å². The Morgan fingerprint density at radius 1 is 1.27 bits per heavy atom. The molecule has 78 valence electrons. The van der Waals surface area contributed by atoms with E-state index in [4.69, 9.17) is 5.73 Å². The molecule has 0 aliphatic carbocycles. The third-order valence-electron chi connectivity index (χ3n) is 2.44. The van der Waals surface area contributed by atoms with Crippen LogP contribution >= 0.6 is 11.3 Å². The summed E-state index contributed by atoms with van der Waals surface area (Å²) in [6, 6.07) is 6.76. The Morgan fingerprint density at radius 3 is 2.67 bits per heavy atom. The van der Waals surface area contributed by atoms with Gasteiger partial charge in [-0.05, 0) is 47.2 Å². The number of benzene rings is 1. The summed E-state index contributed by atoms with van der Waals surface area (Å²) in [5.74, 6) is -0.215. The van der Waals surface area contributed by atoms with Gasteiger partial charge < -0.3 is 5.73 Å². The molecule has 0 radical (unpaired) electrons. The van der Waals surface area contributed by atoms with Gasteiger partial charge in [-0.25, -0.2) is 4.39 Å². The molecule has 0 saturated carbocycles. The lowest BCUT2D eigenvalue weighted by Gasteiger charge is -2.07. The first-order valence-corrected chi connectivity index (χ1v) is 5.63. The van der Waals surface area contributed by atoms with Crippen molar-refractivity contribution in [2.24, 2.45) is 5.73 Å². The van der Waals surface area contributed by atoms with Crippen LogP contribution in [0.15, 0.2) is 29.6 Å². The van der Waals surface area contributed by atoms with Gasteiger partial charge in [-0.2, -0.15) is 0 Å². The highest BCUT2D eigenvalue weighted by Gasteiger charge is 2.08. The monoisotopic (exact) mass is 221 g/mol. The van der Waals surface area contributed by atoms with Gasteiger partial charge >= 0.3 is 0 Å². The summed E-state index contributed by atoms with van der Waals surface area (Å²) in [5.41, 5.74) is 8.62. The van der Waals surface area contributed by atoms with Crippen LogP contribution in [0.3, 0.4) is 0 Å². The van der Waals surface area contributed by atoms with E-state index in [1.165, 1.54) is 10.9 Å². The highest BCUT2D eigenvalue weighted by atomic mass is 32.1. The molecule has 0 aliphatic rings. The van der Waals surface area contributed by atoms with Crippen molar-refractivity contribution in [3.8, 4) is 11.1 Å². The molecule has 0 bridgehead atoms. The first kappa shape index (κ1) is 10.3. The van der Waals surface area contributed by atoms with Crippen molar-refractivity contribution < 1.29 is 4.39 Å². The Labute approximate surface area is 92.4 Å². The number of hydrogen-bond donors (Lipinski definition) is 1. The second kappa shape index (κ2) is 4.13. The minimum absolute atomic E-state index is 0.215. The lowest BCUT2D eigenvalue weighted by Crippen LogP contribution is -1.99. The summed E-state index contributed by atoms with van der Waals surface area (Å²) in [7, 11) is 0. The highest BCUT2D eigenvalue weighted by Crippen LogP contribution is 2.30. The molecule has 0 atom stereocenters. The fourth-order valence-corrected chi connectivity index (χ4v) is 2.36. The van der Waals surface area contributed by atoms with Crippen molar-refractivity contribution in [1.82, 2.24) is 0 Å². The van der Waals surface area contributed by atoms with Crippen molar-refractivity contribution in [2.75, 3.05) is 0 Å². The van der Waals surface area contributed by atoms with Gasteiger partial charge in [0, 0.05) is 11.4 Å². The van der Waals surface area contributed by atoms with Gasteiger partial charge in [-0.15, -0.1) is 11.3 Å². The Morgan fingerprint density at radius 2 is 2.07 bits per heavy atom. The van der Waals surface area contributed by atoms with Crippen LogP contribution in [0.25, 0.3) is 11.1 Å². The molecule has 0 unspecified atom stereocenters. The summed E-state index contributed by atoms with van der Waals surface area (Å²) >= 11 is 1.66. The minimum Gasteiger partial charge on any atom is -0.326 e. The maximum atomic E-state index is 13.2. The number of hydrogen-bond acceptors (Lipinski definition) is 2. The van der Waals surface area contributed by atoms with E-state index in [-0.39, 0.29) is 5.82 Å². The van der Waals surface area contributed by atoms with Crippen molar-refractivity contribution >= 4 is 11.3 Å². The molecule has 15 heavy (non-hydrogen) atoms. The molecule has 1 aromatic carbocycles. The molecule has 0 fully saturated rings. The van der Waals surface area contributed by atoms with Crippen LogP contribution in [0.5, 0.6) is 0 Å². The largest absolute Gasteiger partial charge is 0.326 e. The first-order valence-electron chi connectivity index (χ1n) is 4.75. The van der Waals surface area contributed by atoms with E-state index in [0.29, 0.717) is 6.54 Å². The molecular weight excluding hydrogens is 209 g/mol. The molecule has 1 heterocycles. The molecule has 1 nitrogen and oxygen atoms in total. The lowest BCUT2D eigenvalue weighted by molar-refractivity contribution is 0.627. The normalized spacial score (nSPS) is 10.6. The van der Waals surface area contributed by atoms with Crippen LogP contribution in [0.1, 0.15) is 10.4 Å². The molecule has 0 amide bonds. The maximum absolute atomic E-state index is 13.2. The van der Waals surface area contributed by atoms with E-state index in [0.717, 1.165) is 16.7 Å². The second-order valence-electron chi connectivity index (χ2n) is 3.40. The van der Waals surface area contributed by atoms with Crippen molar-refractivity contribution in [3.63, 3.8) is 0 Å². The zero-order valence-electron chi connectivity index (χ0n) is 8.46. The van der Waals surface area contributed by atoms with Crippen LogP contribution in [-0.4, -0.2) is 0 Å².